The van der Waals surface area contributed by atoms with E-state index in [-0.39, 0.29) is 11.9 Å². The van der Waals surface area contributed by atoms with Crippen LogP contribution in [-0.4, -0.2) is 11.9 Å². The SMILES string of the molecule is CCCCCCCCCCCCC(N)CC(N)=O. The van der Waals surface area contributed by atoms with Crippen molar-refractivity contribution in [2.24, 2.45) is 11.5 Å². The van der Waals surface area contributed by atoms with Gasteiger partial charge in [-0.3, -0.25) is 4.79 Å². The summed E-state index contributed by atoms with van der Waals surface area (Å²) in [5.74, 6) is -0.283. The summed E-state index contributed by atoms with van der Waals surface area (Å²) in [6.07, 6.45) is 14.5. The van der Waals surface area contributed by atoms with E-state index in [0.29, 0.717) is 6.42 Å². The van der Waals surface area contributed by atoms with Gasteiger partial charge in [-0.2, -0.15) is 0 Å². The van der Waals surface area contributed by atoms with E-state index in [4.69, 9.17) is 11.5 Å². The molecule has 3 nitrogen and oxygen atoms in total. The van der Waals surface area contributed by atoms with E-state index in [9.17, 15) is 4.79 Å². The molecule has 108 valence electrons. The van der Waals surface area contributed by atoms with Gasteiger partial charge >= 0.3 is 0 Å². The number of unbranched alkanes of at least 4 members (excludes halogenated alkanes) is 9. The quantitative estimate of drug-likeness (QED) is 0.495. The van der Waals surface area contributed by atoms with Crippen molar-refractivity contribution in [2.75, 3.05) is 0 Å². The molecule has 4 N–H and O–H groups in total. The Balaban J connectivity index is 3.09. The Bertz CT molecular complexity index is 195. The molecule has 1 atom stereocenters. The molecule has 0 fully saturated rings. The maximum Gasteiger partial charge on any atom is 0.218 e. The largest absolute Gasteiger partial charge is 0.370 e. The van der Waals surface area contributed by atoms with Crippen LogP contribution in [0.15, 0.2) is 0 Å². The van der Waals surface area contributed by atoms with Crippen LogP contribution < -0.4 is 11.5 Å². The van der Waals surface area contributed by atoms with Crippen molar-refractivity contribution in [3.63, 3.8) is 0 Å². The number of rotatable bonds is 13. The molecule has 0 radical (unpaired) electrons. The molecule has 0 aliphatic heterocycles. The Morgan fingerprint density at radius 3 is 1.78 bits per heavy atom. The van der Waals surface area contributed by atoms with Crippen molar-refractivity contribution in [3.8, 4) is 0 Å². The molecule has 0 heterocycles. The Kier molecular flexibility index (Phi) is 12.5. The van der Waals surface area contributed by atoms with E-state index < -0.39 is 0 Å². The minimum atomic E-state index is -0.283. The summed E-state index contributed by atoms with van der Waals surface area (Å²) in [4.78, 5) is 10.6. The summed E-state index contributed by atoms with van der Waals surface area (Å²) in [5.41, 5.74) is 10.9. The van der Waals surface area contributed by atoms with E-state index in [2.05, 4.69) is 6.92 Å². The highest BCUT2D eigenvalue weighted by Gasteiger charge is 2.05. The summed E-state index contributed by atoms with van der Waals surface area (Å²) >= 11 is 0. The average molecular weight is 256 g/mol. The number of primary amides is 1. The number of nitrogens with two attached hydrogens (primary N) is 2. The summed E-state index contributed by atoms with van der Waals surface area (Å²) in [5, 5.41) is 0. The van der Waals surface area contributed by atoms with Gasteiger partial charge in [-0.25, -0.2) is 0 Å². The van der Waals surface area contributed by atoms with Gasteiger partial charge in [0.1, 0.15) is 0 Å². The fraction of sp³-hybridized carbons (Fsp3) is 0.933. The van der Waals surface area contributed by atoms with Crippen LogP contribution in [0.25, 0.3) is 0 Å². The topological polar surface area (TPSA) is 69.1 Å². The molecular formula is C15H32N2O. The van der Waals surface area contributed by atoms with Gasteiger partial charge in [0.2, 0.25) is 5.91 Å². The molecular weight excluding hydrogens is 224 g/mol. The molecule has 0 bridgehead atoms. The van der Waals surface area contributed by atoms with Gasteiger partial charge < -0.3 is 11.5 Å². The summed E-state index contributed by atoms with van der Waals surface area (Å²) in [7, 11) is 0. The predicted molar refractivity (Wildman–Crippen MR) is 78.2 cm³/mol. The molecule has 0 aromatic heterocycles. The second-order valence-electron chi connectivity index (χ2n) is 5.40. The molecule has 1 amide bonds. The number of hydrogen-bond donors (Lipinski definition) is 2. The van der Waals surface area contributed by atoms with Gasteiger partial charge in [0.15, 0.2) is 0 Å². The van der Waals surface area contributed by atoms with Crippen LogP contribution in [0.2, 0.25) is 0 Å². The first-order valence-electron chi connectivity index (χ1n) is 7.70. The first-order valence-corrected chi connectivity index (χ1v) is 7.70. The van der Waals surface area contributed by atoms with E-state index in [1.165, 1.54) is 57.8 Å². The summed E-state index contributed by atoms with van der Waals surface area (Å²) < 4.78 is 0. The maximum absolute atomic E-state index is 10.6. The first kappa shape index (κ1) is 17.4. The van der Waals surface area contributed by atoms with Gasteiger partial charge in [0.25, 0.3) is 0 Å². The summed E-state index contributed by atoms with van der Waals surface area (Å²) in [6, 6.07) is -0.0310. The second kappa shape index (κ2) is 12.9. The number of hydrogen-bond acceptors (Lipinski definition) is 2. The Hall–Kier alpha value is -0.570. The molecule has 0 rings (SSSR count). The average Bonchev–Trinajstić information content (AvgIpc) is 2.30. The maximum atomic E-state index is 10.6. The molecule has 3 heteroatoms. The predicted octanol–water partition coefficient (Wildman–Crippen LogP) is 3.50. The van der Waals surface area contributed by atoms with E-state index in [1.807, 2.05) is 0 Å². The van der Waals surface area contributed by atoms with Crippen LogP contribution in [0.4, 0.5) is 0 Å². The van der Waals surface area contributed by atoms with Crippen LogP contribution in [0.1, 0.15) is 84.0 Å². The molecule has 0 aromatic carbocycles. The lowest BCUT2D eigenvalue weighted by Gasteiger charge is -2.08. The van der Waals surface area contributed by atoms with Crippen molar-refractivity contribution in [1.82, 2.24) is 0 Å². The van der Waals surface area contributed by atoms with Crippen molar-refractivity contribution in [1.29, 1.82) is 0 Å². The molecule has 0 aromatic rings. The summed E-state index contributed by atoms with van der Waals surface area (Å²) in [6.45, 7) is 2.25. The van der Waals surface area contributed by atoms with Gasteiger partial charge in [0, 0.05) is 12.5 Å². The zero-order chi connectivity index (χ0) is 13.6. The van der Waals surface area contributed by atoms with Crippen molar-refractivity contribution in [3.05, 3.63) is 0 Å². The Labute approximate surface area is 113 Å². The minimum Gasteiger partial charge on any atom is -0.370 e. The lowest BCUT2D eigenvalue weighted by molar-refractivity contribution is -0.118. The van der Waals surface area contributed by atoms with Gasteiger partial charge in [-0.05, 0) is 6.42 Å². The van der Waals surface area contributed by atoms with Crippen molar-refractivity contribution >= 4 is 5.91 Å². The molecule has 1 unspecified atom stereocenters. The lowest BCUT2D eigenvalue weighted by Crippen LogP contribution is -2.27. The zero-order valence-electron chi connectivity index (χ0n) is 12.1. The standard InChI is InChI=1S/C15H32N2O/c1-2-3-4-5-6-7-8-9-10-11-12-14(16)13-15(17)18/h14H,2-13,16H2,1H3,(H2,17,18). The number of carbonyl (C=O) groups is 1. The van der Waals surface area contributed by atoms with E-state index in [1.54, 1.807) is 0 Å². The van der Waals surface area contributed by atoms with Crippen LogP contribution in [0.5, 0.6) is 0 Å². The van der Waals surface area contributed by atoms with Gasteiger partial charge in [0.05, 0.1) is 0 Å². The third kappa shape index (κ3) is 13.5. The lowest BCUT2D eigenvalue weighted by atomic mass is 10.0. The Morgan fingerprint density at radius 1 is 0.889 bits per heavy atom. The minimum absolute atomic E-state index is 0.0310. The second-order valence-corrected chi connectivity index (χ2v) is 5.40. The molecule has 0 saturated carbocycles. The van der Waals surface area contributed by atoms with Crippen LogP contribution in [-0.2, 0) is 4.79 Å². The molecule has 0 saturated heterocycles. The van der Waals surface area contributed by atoms with Gasteiger partial charge in [-0.1, -0.05) is 71.1 Å². The third-order valence-electron chi connectivity index (χ3n) is 3.39. The van der Waals surface area contributed by atoms with Crippen molar-refractivity contribution in [2.45, 2.75) is 90.0 Å². The smallest absolute Gasteiger partial charge is 0.218 e. The fourth-order valence-electron chi connectivity index (χ4n) is 2.25. The van der Waals surface area contributed by atoms with Crippen molar-refractivity contribution < 1.29 is 4.79 Å². The first-order chi connectivity index (χ1) is 8.66. The third-order valence-corrected chi connectivity index (χ3v) is 3.39. The molecule has 0 aliphatic rings. The highest BCUT2D eigenvalue weighted by Crippen LogP contribution is 2.12. The van der Waals surface area contributed by atoms with Crippen LogP contribution >= 0.6 is 0 Å². The van der Waals surface area contributed by atoms with Crippen LogP contribution in [0, 0.1) is 0 Å². The Morgan fingerprint density at radius 2 is 1.33 bits per heavy atom. The molecule has 0 aliphatic carbocycles. The van der Waals surface area contributed by atoms with E-state index >= 15 is 0 Å². The highest BCUT2D eigenvalue weighted by atomic mass is 16.1. The van der Waals surface area contributed by atoms with Gasteiger partial charge in [-0.15, -0.1) is 0 Å². The normalized spacial score (nSPS) is 12.6. The van der Waals surface area contributed by atoms with E-state index in [0.717, 1.165) is 12.8 Å². The number of carbonyl (C=O) groups excluding carboxylic acids is 1. The fourth-order valence-corrected chi connectivity index (χ4v) is 2.25. The molecule has 18 heavy (non-hydrogen) atoms. The highest BCUT2D eigenvalue weighted by molar-refractivity contribution is 5.74. The van der Waals surface area contributed by atoms with Crippen LogP contribution in [0.3, 0.4) is 0 Å². The number of amides is 1. The molecule has 0 spiro atoms. The monoisotopic (exact) mass is 256 g/mol. The zero-order valence-corrected chi connectivity index (χ0v) is 12.1.